The van der Waals surface area contributed by atoms with Crippen molar-refractivity contribution in [3.63, 3.8) is 0 Å². The summed E-state index contributed by atoms with van der Waals surface area (Å²) in [5.41, 5.74) is 2.18. The van der Waals surface area contributed by atoms with Crippen LogP contribution in [0, 0.1) is 0 Å². The smallest absolute Gasteiger partial charge is 0.324 e. The van der Waals surface area contributed by atoms with Crippen LogP contribution in [0.4, 0.5) is 0 Å². The van der Waals surface area contributed by atoms with E-state index in [1.807, 2.05) is 48.5 Å². The van der Waals surface area contributed by atoms with Gasteiger partial charge in [-0.1, -0.05) is 23.7 Å². The van der Waals surface area contributed by atoms with Crippen LogP contribution in [0.15, 0.2) is 71.3 Å². The molecule has 0 saturated carbocycles. The quantitative estimate of drug-likeness (QED) is 0.546. The molecule has 0 spiro atoms. The zero-order valence-electron chi connectivity index (χ0n) is 12.9. The fourth-order valence-electron chi connectivity index (χ4n) is 2.76. The summed E-state index contributed by atoms with van der Waals surface area (Å²) in [6, 6.07) is 19.4. The Morgan fingerprint density at radius 3 is 2.62 bits per heavy atom. The van der Waals surface area contributed by atoms with Gasteiger partial charge in [-0.05, 0) is 48.5 Å². The average molecular weight is 340 g/mol. The summed E-state index contributed by atoms with van der Waals surface area (Å²) in [5.74, 6) is 2.54. The summed E-state index contributed by atoms with van der Waals surface area (Å²) in [7, 11) is 0. The highest BCUT2D eigenvalue weighted by molar-refractivity contribution is 6.30. The number of hydrogen-bond acceptors (Lipinski definition) is 2. The molecule has 2 aromatic heterocycles. The van der Waals surface area contributed by atoms with E-state index >= 15 is 0 Å². The van der Waals surface area contributed by atoms with Crippen LogP contribution in [0.25, 0.3) is 22.6 Å². The number of benzene rings is 2. The van der Waals surface area contributed by atoms with E-state index in [1.165, 1.54) is 0 Å². The van der Waals surface area contributed by atoms with Crippen LogP contribution in [-0.4, -0.2) is 11.6 Å². The molecule has 5 heteroatoms. The highest BCUT2D eigenvalue weighted by atomic mass is 35.5. The molecule has 24 heavy (non-hydrogen) atoms. The summed E-state index contributed by atoms with van der Waals surface area (Å²) in [6.07, 6.45) is 1.68. The van der Waals surface area contributed by atoms with E-state index in [2.05, 4.69) is 21.7 Å². The predicted molar refractivity (Wildman–Crippen MR) is 93.1 cm³/mol. The molecule has 0 fully saturated rings. The summed E-state index contributed by atoms with van der Waals surface area (Å²) in [6.45, 7) is 1.24. The Kier molecular flexibility index (Phi) is 3.97. The summed E-state index contributed by atoms with van der Waals surface area (Å²) >= 11 is 5.90. The third-order valence-electron chi connectivity index (χ3n) is 3.87. The van der Waals surface area contributed by atoms with Crippen LogP contribution < -0.4 is 9.30 Å². The Morgan fingerprint density at radius 1 is 1.00 bits per heavy atom. The summed E-state index contributed by atoms with van der Waals surface area (Å²) in [4.78, 5) is 3.42. The molecule has 0 amide bonds. The second-order valence-corrected chi connectivity index (χ2v) is 5.86. The molecule has 0 unspecified atom stereocenters. The topological polar surface area (TPSA) is 42.0 Å². The van der Waals surface area contributed by atoms with E-state index in [-0.39, 0.29) is 0 Å². The van der Waals surface area contributed by atoms with Gasteiger partial charge < -0.3 is 9.15 Å². The number of para-hydroxylation sites is 2. The van der Waals surface area contributed by atoms with Crippen molar-refractivity contribution in [3.8, 4) is 17.3 Å². The molecule has 0 bridgehead atoms. The van der Waals surface area contributed by atoms with E-state index in [0.29, 0.717) is 18.2 Å². The molecule has 4 nitrogen and oxygen atoms in total. The minimum atomic E-state index is 0.544. The number of nitrogens with one attached hydrogen (secondary N) is 1. The highest BCUT2D eigenvalue weighted by Gasteiger charge is 2.21. The number of fused-ring (bicyclic) bond motifs is 1. The second kappa shape index (κ2) is 6.42. The molecule has 0 atom stereocenters. The SMILES string of the molecule is Clc1ccc(OCC[n+]2c(-c3ccco3)[nH]c3ccccc32)cc1. The zero-order valence-corrected chi connectivity index (χ0v) is 13.7. The molecule has 4 aromatic rings. The van der Waals surface area contributed by atoms with Crippen molar-refractivity contribution in [2.24, 2.45) is 0 Å². The van der Waals surface area contributed by atoms with E-state index < -0.39 is 0 Å². The van der Waals surface area contributed by atoms with E-state index in [1.54, 1.807) is 6.26 Å². The molecule has 0 aliphatic rings. The van der Waals surface area contributed by atoms with Gasteiger partial charge in [-0.2, -0.15) is 0 Å². The van der Waals surface area contributed by atoms with Gasteiger partial charge in [0.05, 0.1) is 6.26 Å². The van der Waals surface area contributed by atoms with Crippen molar-refractivity contribution in [2.75, 3.05) is 6.61 Å². The maximum atomic E-state index is 5.90. The number of aromatic amines is 1. The lowest BCUT2D eigenvalue weighted by Gasteiger charge is -2.05. The molecule has 1 N–H and O–H groups in total. The summed E-state index contributed by atoms with van der Waals surface area (Å²) in [5, 5.41) is 0.702. The molecular formula is C19H16ClN2O2+. The van der Waals surface area contributed by atoms with Crippen molar-refractivity contribution in [1.82, 2.24) is 4.98 Å². The minimum absolute atomic E-state index is 0.544. The highest BCUT2D eigenvalue weighted by Crippen LogP contribution is 2.19. The fourth-order valence-corrected chi connectivity index (χ4v) is 2.88. The van der Waals surface area contributed by atoms with E-state index in [4.69, 9.17) is 20.8 Å². The van der Waals surface area contributed by atoms with Crippen molar-refractivity contribution in [1.29, 1.82) is 0 Å². The number of rotatable bonds is 5. The number of hydrogen-bond donors (Lipinski definition) is 1. The molecule has 120 valence electrons. The van der Waals surface area contributed by atoms with Gasteiger partial charge in [0.25, 0.3) is 0 Å². The third-order valence-corrected chi connectivity index (χ3v) is 4.12. The molecule has 0 saturated heterocycles. The second-order valence-electron chi connectivity index (χ2n) is 5.42. The van der Waals surface area contributed by atoms with Crippen LogP contribution in [0.2, 0.25) is 5.02 Å². The Labute approximate surface area is 144 Å². The normalized spacial score (nSPS) is 11.0. The first-order valence-electron chi connectivity index (χ1n) is 7.74. The van der Waals surface area contributed by atoms with E-state index in [0.717, 1.165) is 28.4 Å². The van der Waals surface area contributed by atoms with Gasteiger partial charge in [0, 0.05) is 5.02 Å². The van der Waals surface area contributed by atoms with Crippen molar-refractivity contribution in [3.05, 3.63) is 71.9 Å². The standard InChI is InChI=1S/C19H15ClN2O2/c20-14-7-9-15(10-8-14)23-13-11-22-17-5-2-1-4-16(17)21-19(22)18-6-3-12-24-18/h1-10,12H,11,13H2/p+1. The molecule has 0 aliphatic heterocycles. The summed E-state index contributed by atoms with van der Waals surface area (Å²) < 4.78 is 13.6. The maximum Gasteiger partial charge on any atom is 0.324 e. The number of nitrogens with zero attached hydrogens (tertiary/aromatic N) is 1. The number of furan rings is 1. The predicted octanol–water partition coefficient (Wildman–Crippen LogP) is 4.45. The average Bonchev–Trinajstić information content (AvgIpc) is 3.24. The minimum Gasteiger partial charge on any atom is -0.489 e. The Morgan fingerprint density at radius 2 is 1.83 bits per heavy atom. The number of imidazole rings is 1. The maximum absolute atomic E-state index is 5.90. The zero-order chi connectivity index (χ0) is 16.4. The Bertz CT molecular complexity index is 943. The van der Waals surface area contributed by atoms with Gasteiger partial charge in [-0.3, -0.25) is 0 Å². The van der Waals surface area contributed by atoms with Crippen molar-refractivity contribution in [2.45, 2.75) is 6.54 Å². The lowest BCUT2D eigenvalue weighted by molar-refractivity contribution is -0.661. The third kappa shape index (κ3) is 2.88. The molecule has 2 aromatic carbocycles. The molecule has 0 radical (unpaired) electrons. The van der Waals surface area contributed by atoms with Gasteiger partial charge in [0.1, 0.15) is 18.9 Å². The lowest BCUT2D eigenvalue weighted by Crippen LogP contribution is -2.37. The fraction of sp³-hybridized carbons (Fsp3) is 0.105. The van der Waals surface area contributed by atoms with Gasteiger partial charge in [-0.25, -0.2) is 9.55 Å². The van der Waals surface area contributed by atoms with Gasteiger partial charge in [0.2, 0.25) is 5.76 Å². The molecule has 4 rings (SSSR count). The monoisotopic (exact) mass is 339 g/mol. The lowest BCUT2D eigenvalue weighted by atomic mass is 10.3. The number of halogens is 1. The number of aromatic nitrogens is 2. The van der Waals surface area contributed by atoms with Crippen molar-refractivity contribution >= 4 is 22.6 Å². The number of ether oxygens (including phenoxy) is 1. The van der Waals surface area contributed by atoms with Gasteiger partial charge >= 0.3 is 5.82 Å². The van der Waals surface area contributed by atoms with E-state index in [9.17, 15) is 0 Å². The first-order chi connectivity index (χ1) is 11.8. The number of H-pyrrole nitrogens is 1. The van der Waals surface area contributed by atoms with Crippen LogP contribution in [0.1, 0.15) is 0 Å². The van der Waals surface area contributed by atoms with Crippen LogP contribution >= 0.6 is 11.6 Å². The van der Waals surface area contributed by atoms with Crippen LogP contribution in [0.5, 0.6) is 5.75 Å². The van der Waals surface area contributed by atoms with Gasteiger partial charge in [-0.15, -0.1) is 0 Å². The largest absolute Gasteiger partial charge is 0.489 e. The Hall–Kier alpha value is -2.72. The van der Waals surface area contributed by atoms with Crippen molar-refractivity contribution < 1.29 is 13.7 Å². The first kappa shape index (κ1) is 14.8. The molecule has 2 heterocycles. The molecule has 0 aliphatic carbocycles. The molecular weight excluding hydrogens is 324 g/mol. The van der Waals surface area contributed by atoms with Crippen LogP contribution in [-0.2, 0) is 6.54 Å². The first-order valence-corrected chi connectivity index (χ1v) is 8.12. The van der Waals surface area contributed by atoms with Gasteiger partial charge in [0.15, 0.2) is 11.0 Å². The van der Waals surface area contributed by atoms with Crippen LogP contribution in [0.3, 0.4) is 0 Å². The Balaban J connectivity index is 1.60.